The molecule has 0 aliphatic carbocycles. The minimum absolute atomic E-state index is 0.0141. The number of halogens is 7. The molecular weight excluding hydrogens is 468 g/mol. The smallest absolute Gasteiger partial charge is 0.166 e. The van der Waals surface area contributed by atoms with E-state index in [-0.39, 0.29) is 26.2 Å². The van der Waals surface area contributed by atoms with Gasteiger partial charge in [-0.25, -0.2) is 0 Å². The topological polar surface area (TPSA) is 0 Å². The zero-order valence-corrected chi connectivity index (χ0v) is 16.7. The highest BCUT2D eigenvalue weighted by Crippen LogP contribution is 2.41. The molecular formula is C16H9BrCl3F3S. The second-order valence-corrected chi connectivity index (χ2v) is 8.46. The second kappa shape index (κ2) is 7.42. The standard InChI is InChI=1S/C16H9BrCl3F3S/c1-7(13-4-8(2)15(17)24-13)3-10(16(21,22)23)9-5-11(18)14(20)12(19)6-9/h3-6H,1H2,2H3/b10-3-. The molecule has 0 amide bonds. The number of allylic oxidation sites excluding steroid dienone is 3. The quantitative estimate of drug-likeness (QED) is 0.308. The number of alkyl halides is 3. The molecule has 0 radical (unpaired) electrons. The number of thiophene rings is 1. The first-order valence-electron chi connectivity index (χ1n) is 6.39. The van der Waals surface area contributed by atoms with Gasteiger partial charge in [-0.1, -0.05) is 41.4 Å². The first-order valence-corrected chi connectivity index (χ1v) is 9.14. The lowest BCUT2D eigenvalue weighted by Crippen LogP contribution is -2.11. The van der Waals surface area contributed by atoms with Gasteiger partial charge in [0.1, 0.15) is 0 Å². The van der Waals surface area contributed by atoms with E-state index < -0.39 is 11.7 Å². The van der Waals surface area contributed by atoms with Crippen LogP contribution in [0.4, 0.5) is 13.2 Å². The van der Waals surface area contributed by atoms with Crippen molar-refractivity contribution in [3.05, 3.63) is 65.7 Å². The van der Waals surface area contributed by atoms with Crippen molar-refractivity contribution in [1.29, 1.82) is 0 Å². The third kappa shape index (κ3) is 4.38. The first-order chi connectivity index (χ1) is 11.0. The molecule has 8 heteroatoms. The average Bonchev–Trinajstić information content (AvgIpc) is 2.80. The monoisotopic (exact) mass is 474 g/mol. The molecule has 0 aliphatic heterocycles. The Bertz CT molecular complexity index is 795. The molecule has 2 aromatic rings. The van der Waals surface area contributed by atoms with Crippen molar-refractivity contribution < 1.29 is 13.2 Å². The van der Waals surface area contributed by atoms with Gasteiger partial charge in [-0.2, -0.15) is 13.2 Å². The summed E-state index contributed by atoms with van der Waals surface area (Å²) in [7, 11) is 0. The largest absolute Gasteiger partial charge is 0.417 e. The summed E-state index contributed by atoms with van der Waals surface area (Å²) in [6.07, 6.45) is -3.62. The summed E-state index contributed by atoms with van der Waals surface area (Å²) in [5.41, 5.74) is 0.101. The van der Waals surface area contributed by atoms with Crippen molar-refractivity contribution in [1.82, 2.24) is 0 Å². The fourth-order valence-corrected chi connectivity index (χ4v) is 3.98. The van der Waals surface area contributed by atoms with Crippen LogP contribution in [0.3, 0.4) is 0 Å². The first kappa shape index (κ1) is 19.9. The van der Waals surface area contributed by atoms with Gasteiger partial charge in [0.15, 0.2) is 0 Å². The van der Waals surface area contributed by atoms with Crippen LogP contribution in [0.1, 0.15) is 16.0 Å². The van der Waals surface area contributed by atoms with Crippen LogP contribution >= 0.6 is 62.1 Å². The van der Waals surface area contributed by atoms with E-state index in [0.717, 1.165) is 27.6 Å². The molecule has 128 valence electrons. The molecule has 0 saturated heterocycles. The van der Waals surface area contributed by atoms with Gasteiger partial charge in [0.25, 0.3) is 0 Å². The van der Waals surface area contributed by atoms with Crippen LogP contribution in [0.5, 0.6) is 0 Å². The lowest BCUT2D eigenvalue weighted by atomic mass is 10.0. The molecule has 0 atom stereocenters. The summed E-state index contributed by atoms with van der Waals surface area (Å²) >= 11 is 22.2. The Morgan fingerprint density at radius 1 is 1.17 bits per heavy atom. The van der Waals surface area contributed by atoms with Crippen LogP contribution in [0.25, 0.3) is 11.1 Å². The Kier molecular flexibility index (Phi) is 6.14. The summed E-state index contributed by atoms with van der Waals surface area (Å²) < 4.78 is 41.3. The van der Waals surface area contributed by atoms with Crippen LogP contribution < -0.4 is 0 Å². The molecule has 0 saturated carbocycles. The third-order valence-corrected chi connectivity index (χ3v) is 6.50. The van der Waals surface area contributed by atoms with Crippen LogP contribution in [0, 0.1) is 6.92 Å². The molecule has 2 rings (SSSR count). The maximum atomic E-state index is 13.5. The van der Waals surface area contributed by atoms with Crippen molar-refractivity contribution in [3.63, 3.8) is 0 Å². The molecule has 0 aliphatic rings. The SMILES string of the molecule is C=C(/C=C(/c1cc(Cl)c(Cl)c(Cl)c1)C(F)(F)F)c1cc(C)c(Br)s1. The summed E-state index contributed by atoms with van der Waals surface area (Å²) in [6.45, 7) is 5.59. The molecule has 24 heavy (non-hydrogen) atoms. The van der Waals surface area contributed by atoms with Gasteiger partial charge in [-0.3, -0.25) is 0 Å². The highest BCUT2D eigenvalue weighted by atomic mass is 79.9. The van der Waals surface area contributed by atoms with Gasteiger partial charge in [-0.05, 0) is 63.8 Å². The van der Waals surface area contributed by atoms with Crippen molar-refractivity contribution in [2.45, 2.75) is 13.1 Å². The molecule has 0 N–H and O–H groups in total. The number of hydrogen-bond acceptors (Lipinski definition) is 1. The molecule has 0 fully saturated rings. The Balaban J connectivity index is 2.55. The van der Waals surface area contributed by atoms with E-state index in [2.05, 4.69) is 22.5 Å². The molecule has 0 spiro atoms. The Morgan fingerprint density at radius 3 is 2.12 bits per heavy atom. The zero-order valence-electron chi connectivity index (χ0n) is 12.1. The molecule has 1 aromatic heterocycles. The van der Waals surface area contributed by atoms with E-state index in [0.29, 0.717) is 4.88 Å². The van der Waals surface area contributed by atoms with Gasteiger partial charge in [0.2, 0.25) is 0 Å². The molecule has 0 unspecified atom stereocenters. The Hall–Kier alpha value is -0.460. The second-order valence-electron chi connectivity index (χ2n) is 4.90. The van der Waals surface area contributed by atoms with Gasteiger partial charge < -0.3 is 0 Å². The Morgan fingerprint density at radius 2 is 1.71 bits per heavy atom. The van der Waals surface area contributed by atoms with Gasteiger partial charge >= 0.3 is 6.18 Å². The zero-order chi connectivity index (χ0) is 18.2. The third-order valence-electron chi connectivity index (χ3n) is 3.09. The highest BCUT2D eigenvalue weighted by Gasteiger charge is 2.35. The summed E-state index contributed by atoms with van der Waals surface area (Å²) in [4.78, 5) is 0.632. The minimum atomic E-state index is -4.60. The van der Waals surface area contributed by atoms with Crippen molar-refractivity contribution in [3.8, 4) is 0 Å². The van der Waals surface area contributed by atoms with E-state index in [9.17, 15) is 13.2 Å². The van der Waals surface area contributed by atoms with E-state index in [1.807, 2.05) is 6.92 Å². The highest BCUT2D eigenvalue weighted by molar-refractivity contribution is 9.11. The molecule has 1 heterocycles. The lowest BCUT2D eigenvalue weighted by Gasteiger charge is -2.14. The Labute approximate surface area is 164 Å². The number of hydrogen-bond donors (Lipinski definition) is 0. The molecule has 1 aromatic carbocycles. The summed E-state index contributed by atoms with van der Waals surface area (Å²) in [6, 6.07) is 4.04. The van der Waals surface area contributed by atoms with Crippen LogP contribution in [0.2, 0.25) is 15.1 Å². The summed E-state index contributed by atoms with van der Waals surface area (Å²) in [5, 5.41) is -0.0791. The van der Waals surface area contributed by atoms with Crippen molar-refractivity contribution in [2.24, 2.45) is 0 Å². The maximum absolute atomic E-state index is 13.5. The molecule has 0 nitrogen and oxygen atoms in total. The van der Waals surface area contributed by atoms with Crippen LogP contribution in [-0.4, -0.2) is 6.18 Å². The number of benzene rings is 1. The minimum Gasteiger partial charge on any atom is -0.166 e. The van der Waals surface area contributed by atoms with Crippen molar-refractivity contribution >= 4 is 73.2 Å². The predicted molar refractivity (Wildman–Crippen MR) is 101 cm³/mol. The van der Waals surface area contributed by atoms with E-state index >= 15 is 0 Å². The molecule has 0 bridgehead atoms. The average molecular weight is 477 g/mol. The number of rotatable bonds is 3. The van der Waals surface area contributed by atoms with Crippen LogP contribution in [-0.2, 0) is 0 Å². The normalized spacial score (nSPS) is 12.6. The van der Waals surface area contributed by atoms with Crippen LogP contribution in [0.15, 0.2) is 34.6 Å². The maximum Gasteiger partial charge on any atom is 0.417 e. The predicted octanol–water partition coefficient (Wildman–Crippen LogP) is 8.44. The summed E-state index contributed by atoms with van der Waals surface area (Å²) in [5.74, 6) is 0. The van der Waals surface area contributed by atoms with Gasteiger partial charge in [-0.15, -0.1) is 11.3 Å². The van der Waals surface area contributed by atoms with E-state index in [1.54, 1.807) is 6.07 Å². The lowest BCUT2D eigenvalue weighted by molar-refractivity contribution is -0.0688. The van der Waals surface area contributed by atoms with E-state index in [4.69, 9.17) is 34.8 Å². The van der Waals surface area contributed by atoms with Crippen molar-refractivity contribution in [2.75, 3.05) is 0 Å². The van der Waals surface area contributed by atoms with E-state index in [1.165, 1.54) is 11.3 Å². The number of aryl methyl sites for hydroxylation is 1. The fraction of sp³-hybridized carbons (Fsp3) is 0.125. The van der Waals surface area contributed by atoms with Gasteiger partial charge in [0.05, 0.1) is 24.4 Å². The van der Waals surface area contributed by atoms with Gasteiger partial charge in [0, 0.05) is 4.88 Å². The fourth-order valence-electron chi connectivity index (χ4n) is 1.90.